The summed E-state index contributed by atoms with van der Waals surface area (Å²) in [6, 6.07) is 7.19. The van der Waals surface area contributed by atoms with Gasteiger partial charge in [0.15, 0.2) is 0 Å². The summed E-state index contributed by atoms with van der Waals surface area (Å²) in [4.78, 5) is 29.5. The molecule has 1 saturated heterocycles. The highest BCUT2D eigenvalue weighted by atomic mass is 16.4. The number of piperidine rings is 1. The zero-order valence-corrected chi connectivity index (χ0v) is 12.7. The second-order valence-electron chi connectivity index (χ2n) is 5.70. The molecule has 1 atom stereocenters. The summed E-state index contributed by atoms with van der Waals surface area (Å²) in [5, 5.41) is 16.9. The smallest absolute Gasteiger partial charge is 0.303 e. The number of benzene rings is 1. The Morgan fingerprint density at radius 3 is 2.74 bits per heavy atom. The van der Waals surface area contributed by atoms with Crippen molar-refractivity contribution in [3.8, 4) is 0 Å². The lowest BCUT2D eigenvalue weighted by molar-refractivity contribution is -0.137. The number of nitrogens with zero attached hydrogens (tertiary/aromatic N) is 4. The molecular formula is C16H18N4O3. The highest BCUT2D eigenvalue weighted by molar-refractivity contribution is 5.92. The van der Waals surface area contributed by atoms with Crippen molar-refractivity contribution < 1.29 is 14.7 Å². The zero-order valence-electron chi connectivity index (χ0n) is 12.7. The number of carbonyl (C=O) groups excluding carboxylic acids is 1. The van der Waals surface area contributed by atoms with Crippen LogP contribution in [0.2, 0.25) is 0 Å². The molecule has 1 N–H and O–H groups in total. The largest absolute Gasteiger partial charge is 0.481 e. The Morgan fingerprint density at radius 1 is 1.17 bits per heavy atom. The van der Waals surface area contributed by atoms with E-state index in [0.29, 0.717) is 24.0 Å². The van der Waals surface area contributed by atoms with Crippen molar-refractivity contribution in [1.29, 1.82) is 0 Å². The minimum absolute atomic E-state index is 0.0608. The number of fused-ring (bicyclic) bond motifs is 1. The number of aliphatic carboxylic acids is 1. The first kappa shape index (κ1) is 15.3. The second kappa shape index (κ2) is 6.68. The van der Waals surface area contributed by atoms with Gasteiger partial charge in [-0.05, 0) is 37.8 Å². The first-order valence-electron chi connectivity index (χ1n) is 7.77. The Morgan fingerprint density at radius 2 is 1.96 bits per heavy atom. The van der Waals surface area contributed by atoms with Gasteiger partial charge in [-0.2, -0.15) is 0 Å². The molecule has 7 heteroatoms. The Labute approximate surface area is 133 Å². The van der Waals surface area contributed by atoms with Gasteiger partial charge in [-0.15, -0.1) is 10.2 Å². The maximum atomic E-state index is 12.7. The van der Waals surface area contributed by atoms with Gasteiger partial charge >= 0.3 is 5.97 Å². The van der Waals surface area contributed by atoms with Gasteiger partial charge in [-0.25, -0.2) is 4.98 Å². The van der Waals surface area contributed by atoms with Gasteiger partial charge in [-0.1, -0.05) is 12.1 Å². The standard InChI is InChI=1S/C16H18N4O3/c21-14(22)9-8-11-5-3-4-10-20(11)16(23)15-17-12-6-1-2-7-13(12)18-19-15/h1-2,6-7,11H,3-5,8-10H2,(H,21,22). The fourth-order valence-electron chi connectivity index (χ4n) is 2.96. The van der Waals surface area contributed by atoms with Crippen molar-refractivity contribution in [2.75, 3.05) is 6.54 Å². The minimum atomic E-state index is -0.841. The molecule has 0 saturated carbocycles. The maximum Gasteiger partial charge on any atom is 0.303 e. The lowest BCUT2D eigenvalue weighted by Gasteiger charge is -2.35. The Hall–Kier alpha value is -2.57. The van der Waals surface area contributed by atoms with Crippen LogP contribution in [0.3, 0.4) is 0 Å². The summed E-state index contributed by atoms with van der Waals surface area (Å²) in [5.41, 5.74) is 1.27. The van der Waals surface area contributed by atoms with Crippen LogP contribution in [0.15, 0.2) is 24.3 Å². The van der Waals surface area contributed by atoms with E-state index < -0.39 is 5.97 Å². The molecule has 1 aliphatic rings. The van der Waals surface area contributed by atoms with Gasteiger partial charge < -0.3 is 10.0 Å². The van der Waals surface area contributed by atoms with Crippen LogP contribution in [0, 0.1) is 0 Å². The van der Waals surface area contributed by atoms with Crippen LogP contribution in [-0.2, 0) is 4.79 Å². The molecule has 1 aromatic carbocycles. The van der Waals surface area contributed by atoms with Crippen molar-refractivity contribution in [2.24, 2.45) is 0 Å². The third-order valence-corrected chi connectivity index (χ3v) is 4.13. The molecule has 0 bridgehead atoms. The fourth-order valence-corrected chi connectivity index (χ4v) is 2.96. The van der Waals surface area contributed by atoms with E-state index >= 15 is 0 Å². The van der Waals surface area contributed by atoms with Crippen molar-refractivity contribution in [3.63, 3.8) is 0 Å². The van der Waals surface area contributed by atoms with E-state index in [4.69, 9.17) is 5.11 Å². The molecule has 1 aromatic heterocycles. The average Bonchev–Trinajstić information content (AvgIpc) is 2.59. The average molecular weight is 314 g/mol. The molecule has 0 radical (unpaired) electrons. The van der Waals surface area contributed by atoms with Crippen molar-refractivity contribution in [2.45, 2.75) is 38.1 Å². The summed E-state index contributed by atoms with van der Waals surface area (Å²) < 4.78 is 0. The monoisotopic (exact) mass is 314 g/mol. The van der Waals surface area contributed by atoms with Crippen LogP contribution in [-0.4, -0.2) is 49.7 Å². The van der Waals surface area contributed by atoms with Crippen LogP contribution >= 0.6 is 0 Å². The first-order valence-corrected chi connectivity index (χ1v) is 7.77. The fraction of sp³-hybridized carbons (Fsp3) is 0.438. The molecule has 23 heavy (non-hydrogen) atoms. The number of para-hydroxylation sites is 1. The number of likely N-dealkylation sites (tertiary alicyclic amines) is 1. The number of carboxylic acid groups (broad SMARTS) is 1. The third kappa shape index (κ3) is 3.44. The van der Waals surface area contributed by atoms with E-state index in [1.54, 1.807) is 17.0 Å². The topological polar surface area (TPSA) is 96.3 Å². The van der Waals surface area contributed by atoms with Crippen LogP contribution < -0.4 is 0 Å². The predicted molar refractivity (Wildman–Crippen MR) is 82.9 cm³/mol. The molecule has 3 rings (SSSR count). The van der Waals surface area contributed by atoms with E-state index in [0.717, 1.165) is 19.3 Å². The lowest BCUT2D eigenvalue weighted by atomic mass is 9.98. The van der Waals surface area contributed by atoms with E-state index in [-0.39, 0.29) is 24.2 Å². The molecule has 2 aromatic rings. The van der Waals surface area contributed by atoms with Gasteiger partial charge in [0.2, 0.25) is 5.82 Å². The van der Waals surface area contributed by atoms with Gasteiger partial charge in [-0.3, -0.25) is 9.59 Å². The van der Waals surface area contributed by atoms with Crippen LogP contribution in [0.25, 0.3) is 11.0 Å². The Kier molecular flexibility index (Phi) is 4.45. The normalized spacial score (nSPS) is 18.1. The predicted octanol–water partition coefficient (Wildman–Crippen LogP) is 1.88. The second-order valence-corrected chi connectivity index (χ2v) is 5.70. The number of aromatic nitrogens is 3. The molecule has 7 nitrogen and oxygen atoms in total. The lowest BCUT2D eigenvalue weighted by Crippen LogP contribution is -2.44. The van der Waals surface area contributed by atoms with Crippen molar-refractivity contribution in [3.05, 3.63) is 30.1 Å². The Balaban J connectivity index is 1.81. The SMILES string of the molecule is O=C(O)CCC1CCCCN1C(=O)c1nnc2ccccc2n1. The van der Waals surface area contributed by atoms with Gasteiger partial charge in [0, 0.05) is 19.0 Å². The zero-order chi connectivity index (χ0) is 16.2. The maximum absolute atomic E-state index is 12.7. The summed E-state index contributed by atoms with van der Waals surface area (Å²) in [7, 11) is 0. The summed E-state index contributed by atoms with van der Waals surface area (Å²) >= 11 is 0. The molecule has 0 spiro atoms. The molecule has 1 fully saturated rings. The van der Waals surface area contributed by atoms with E-state index in [2.05, 4.69) is 15.2 Å². The number of hydrogen-bond donors (Lipinski definition) is 1. The third-order valence-electron chi connectivity index (χ3n) is 4.13. The number of rotatable bonds is 4. The quantitative estimate of drug-likeness (QED) is 0.925. The highest BCUT2D eigenvalue weighted by Crippen LogP contribution is 2.22. The van der Waals surface area contributed by atoms with Crippen LogP contribution in [0.1, 0.15) is 42.7 Å². The molecule has 2 heterocycles. The number of hydrogen-bond acceptors (Lipinski definition) is 5. The molecule has 1 unspecified atom stereocenters. The van der Waals surface area contributed by atoms with E-state index in [1.807, 2.05) is 12.1 Å². The molecule has 0 aliphatic carbocycles. The number of carbonyl (C=O) groups is 2. The number of carboxylic acids is 1. The van der Waals surface area contributed by atoms with E-state index in [9.17, 15) is 9.59 Å². The van der Waals surface area contributed by atoms with E-state index in [1.165, 1.54) is 0 Å². The van der Waals surface area contributed by atoms with Crippen molar-refractivity contribution in [1.82, 2.24) is 20.1 Å². The molecule has 120 valence electrons. The molecular weight excluding hydrogens is 296 g/mol. The first-order chi connectivity index (χ1) is 11.1. The van der Waals surface area contributed by atoms with Gasteiger partial charge in [0.1, 0.15) is 5.52 Å². The molecule has 1 amide bonds. The highest BCUT2D eigenvalue weighted by Gasteiger charge is 2.29. The Bertz CT molecular complexity index is 734. The summed E-state index contributed by atoms with van der Waals surface area (Å²) in [6.45, 7) is 0.610. The number of amides is 1. The summed E-state index contributed by atoms with van der Waals surface area (Å²) in [5.74, 6) is -1.03. The van der Waals surface area contributed by atoms with Crippen molar-refractivity contribution >= 4 is 22.9 Å². The van der Waals surface area contributed by atoms with Crippen LogP contribution in [0.5, 0.6) is 0 Å². The summed E-state index contributed by atoms with van der Waals surface area (Å²) in [6.07, 6.45) is 3.26. The van der Waals surface area contributed by atoms with Crippen LogP contribution in [0.4, 0.5) is 0 Å². The van der Waals surface area contributed by atoms with Gasteiger partial charge in [0.25, 0.3) is 5.91 Å². The minimum Gasteiger partial charge on any atom is -0.481 e. The molecule has 1 aliphatic heterocycles. The van der Waals surface area contributed by atoms with Gasteiger partial charge in [0.05, 0.1) is 5.52 Å².